The van der Waals surface area contributed by atoms with Crippen molar-refractivity contribution in [2.75, 3.05) is 31.6 Å². The lowest BCUT2D eigenvalue weighted by Gasteiger charge is -2.21. The van der Waals surface area contributed by atoms with Crippen LogP contribution in [0, 0.1) is 5.41 Å². The second-order valence-corrected chi connectivity index (χ2v) is 6.97. The molecule has 20 heavy (non-hydrogen) atoms. The molecule has 0 aromatic carbocycles. The molecule has 2 aliphatic rings. The molecule has 2 saturated heterocycles. The molecule has 3 heterocycles. The summed E-state index contributed by atoms with van der Waals surface area (Å²) in [5.74, 6) is 0.617. The quantitative estimate of drug-likeness (QED) is 0.895. The Morgan fingerprint density at radius 1 is 1.55 bits per heavy atom. The van der Waals surface area contributed by atoms with Crippen molar-refractivity contribution in [2.24, 2.45) is 5.41 Å². The summed E-state index contributed by atoms with van der Waals surface area (Å²) in [6.07, 6.45) is 5.01. The molecular weight excluding hydrogens is 274 g/mol. The molecule has 110 valence electrons. The summed E-state index contributed by atoms with van der Waals surface area (Å²) in [7, 11) is 0. The van der Waals surface area contributed by atoms with Crippen molar-refractivity contribution in [1.82, 2.24) is 10.3 Å². The average Bonchev–Trinajstić information content (AvgIpc) is 3.10. The van der Waals surface area contributed by atoms with Crippen LogP contribution in [0.15, 0.2) is 6.20 Å². The van der Waals surface area contributed by atoms with Crippen LogP contribution in [-0.2, 0) is 9.53 Å². The van der Waals surface area contributed by atoms with Crippen LogP contribution < -0.4 is 10.6 Å². The second-order valence-electron chi connectivity index (χ2n) is 5.91. The van der Waals surface area contributed by atoms with E-state index < -0.39 is 5.41 Å². The van der Waals surface area contributed by atoms with Gasteiger partial charge in [-0.3, -0.25) is 4.79 Å². The minimum atomic E-state index is -0.402. The van der Waals surface area contributed by atoms with Gasteiger partial charge in [0.1, 0.15) is 0 Å². The topological polar surface area (TPSA) is 63.2 Å². The number of carbonyl (C=O) groups excluding carboxylic acids is 1. The molecule has 2 N–H and O–H groups in total. The van der Waals surface area contributed by atoms with E-state index in [4.69, 9.17) is 4.74 Å². The fraction of sp³-hybridized carbons (Fsp3) is 0.714. The number of amides is 1. The molecule has 0 aliphatic carbocycles. The number of hydrogen-bond donors (Lipinski definition) is 2. The Kier molecular flexibility index (Phi) is 4.05. The van der Waals surface area contributed by atoms with Crippen LogP contribution in [-0.4, -0.2) is 37.2 Å². The summed E-state index contributed by atoms with van der Waals surface area (Å²) >= 11 is 1.61. The average molecular weight is 295 g/mol. The summed E-state index contributed by atoms with van der Waals surface area (Å²) in [5.41, 5.74) is -0.402. The number of anilines is 1. The normalized spacial score (nSPS) is 27.6. The monoisotopic (exact) mass is 295 g/mol. The fourth-order valence-electron chi connectivity index (χ4n) is 2.73. The molecule has 1 unspecified atom stereocenters. The van der Waals surface area contributed by atoms with Crippen molar-refractivity contribution < 1.29 is 9.53 Å². The van der Waals surface area contributed by atoms with E-state index in [0.29, 0.717) is 19.1 Å². The standard InChI is InChI=1S/C14H21N3O2S/c1-14(4-7-19-9-14)12(18)17-13-16-8-11(20-13)10-2-5-15-6-3-10/h8,10,15H,2-7,9H2,1H3,(H,16,17,18). The zero-order valence-electron chi connectivity index (χ0n) is 11.8. The first-order valence-corrected chi connectivity index (χ1v) is 8.05. The van der Waals surface area contributed by atoms with E-state index in [1.54, 1.807) is 11.3 Å². The first kappa shape index (κ1) is 14.0. The summed E-state index contributed by atoms with van der Waals surface area (Å²) in [4.78, 5) is 17.9. The van der Waals surface area contributed by atoms with Crippen molar-refractivity contribution >= 4 is 22.4 Å². The maximum atomic E-state index is 12.3. The Balaban J connectivity index is 1.63. The van der Waals surface area contributed by atoms with Crippen molar-refractivity contribution in [2.45, 2.75) is 32.1 Å². The molecule has 5 nitrogen and oxygen atoms in total. The predicted octanol–water partition coefficient (Wildman–Crippen LogP) is 1.98. The summed E-state index contributed by atoms with van der Waals surface area (Å²) < 4.78 is 5.33. The van der Waals surface area contributed by atoms with Gasteiger partial charge >= 0.3 is 0 Å². The number of aromatic nitrogens is 1. The third kappa shape index (κ3) is 2.87. The number of nitrogens with zero attached hydrogens (tertiary/aromatic N) is 1. The highest BCUT2D eigenvalue weighted by atomic mass is 32.1. The Bertz CT molecular complexity index is 477. The summed E-state index contributed by atoms with van der Waals surface area (Å²) in [6.45, 7) is 5.27. The van der Waals surface area contributed by atoms with Gasteiger partial charge in [0.2, 0.25) is 5.91 Å². The van der Waals surface area contributed by atoms with Crippen molar-refractivity contribution in [1.29, 1.82) is 0 Å². The third-order valence-electron chi connectivity index (χ3n) is 4.25. The molecule has 2 fully saturated rings. The molecule has 1 aromatic heterocycles. The predicted molar refractivity (Wildman–Crippen MR) is 79.1 cm³/mol. The highest BCUT2D eigenvalue weighted by Gasteiger charge is 2.37. The van der Waals surface area contributed by atoms with E-state index >= 15 is 0 Å². The number of ether oxygens (including phenoxy) is 1. The molecule has 2 aliphatic heterocycles. The van der Waals surface area contributed by atoms with E-state index in [0.717, 1.165) is 37.5 Å². The number of piperidine rings is 1. The van der Waals surface area contributed by atoms with Gasteiger partial charge in [-0.1, -0.05) is 0 Å². The molecule has 1 atom stereocenters. The Hall–Kier alpha value is -0.980. The maximum absolute atomic E-state index is 12.3. The molecule has 1 amide bonds. The van der Waals surface area contributed by atoms with E-state index in [1.165, 1.54) is 4.88 Å². The molecule has 1 aromatic rings. The van der Waals surface area contributed by atoms with E-state index in [9.17, 15) is 4.79 Å². The van der Waals surface area contributed by atoms with Gasteiger partial charge in [0.25, 0.3) is 0 Å². The molecular formula is C14H21N3O2S. The number of nitrogens with one attached hydrogen (secondary N) is 2. The van der Waals surface area contributed by atoms with E-state index in [2.05, 4.69) is 15.6 Å². The van der Waals surface area contributed by atoms with Gasteiger partial charge in [0.05, 0.1) is 12.0 Å². The summed E-state index contributed by atoms with van der Waals surface area (Å²) in [5, 5.41) is 7.04. The number of carbonyl (C=O) groups is 1. The lowest BCUT2D eigenvalue weighted by Crippen LogP contribution is -2.33. The van der Waals surface area contributed by atoms with E-state index in [-0.39, 0.29) is 5.91 Å². The van der Waals surface area contributed by atoms with Gasteiger partial charge in [-0.2, -0.15) is 0 Å². The number of thiazole rings is 1. The number of rotatable bonds is 3. The maximum Gasteiger partial charge on any atom is 0.234 e. The van der Waals surface area contributed by atoms with Gasteiger partial charge in [-0.15, -0.1) is 11.3 Å². The molecule has 0 saturated carbocycles. The number of hydrogen-bond acceptors (Lipinski definition) is 5. The highest BCUT2D eigenvalue weighted by molar-refractivity contribution is 7.15. The van der Waals surface area contributed by atoms with Gasteiger partial charge in [-0.05, 0) is 45.2 Å². The Morgan fingerprint density at radius 2 is 2.35 bits per heavy atom. The highest BCUT2D eigenvalue weighted by Crippen LogP contribution is 2.33. The lowest BCUT2D eigenvalue weighted by molar-refractivity contribution is -0.124. The van der Waals surface area contributed by atoms with Crippen LogP contribution in [0.5, 0.6) is 0 Å². The van der Waals surface area contributed by atoms with Gasteiger partial charge in [0.15, 0.2) is 5.13 Å². The van der Waals surface area contributed by atoms with Crippen molar-refractivity contribution in [3.05, 3.63) is 11.1 Å². The van der Waals surface area contributed by atoms with Crippen LogP contribution in [0.3, 0.4) is 0 Å². The smallest absolute Gasteiger partial charge is 0.234 e. The van der Waals surface area contributed by atoms with Crippen LogP contribution in [0.4, 0.5) is 5.13 Å². The first-order chi connectivity index (χ1) is 9.67. The van der Waals surface area contributed by atoms with Crippen molar-refractivity contribution in [3.8, 4) is 0 Å². The zero-order valence-corrected chi connectivity index (χ0v) is 12.6. The molecule has 0 spiro atoms. The molecule has 0 bridgehead atoms. The lowest BCUT2D eigenvalue weighted by atomic mass is 9.89. The van der Waals surface area contributed by atoms with Gasteiger partial charge < -0.3 is 15.4 Å². The molecule has 6 heteroatoms. The fourth-order valence-corrected chi connectivity index (χ4v) is 3.71. The Morgan fingerprint density at radius 3 is 3.05 bits per heavy atom. The third-order valence-corrected chi connectivity index (χ3v) is 5.33. The second kappa shape index (κ2) is 5.79. The van der Waals surface area contributed by atoms with Crippen LogP contribution >= 0.6 is 11.3 Å². The first-order valence-electron chi connectivity index (χ1n) is 7.23. The van der Waals surface area contributed by atoms with Crippen LogP contribution in [0.25, 0.3) is 0 Å². The minimum Gasteiger partial charge on any atom is -0.380 e. The van der Waals surface area contributed by atoms with Crippen molar-refractivity contribution in [3.63, 3.8) is 0 Å². The van der Waals surface area contributed by atoms with Gasteiger partial charge in [-0.25, -0.2) is 4.98 Å². The van der Waals surface area contributed by atoms with Crippen LogP contribution in [0.1, 0.15) is 37.0 Å². The van der Waals surface area contributed by atoms with Gasteiger partial charge in [0, 0.05) is 17.7 Å². The van der Waals surface area contributed by atoms with Crippen LogP contribution in [0.2, 0.25) is 0 Å². The summed E-state index contributed by atoms with van der Waals surface area (Å²) in [6, 6.07) is 0. The minimum absolute atomic E-state index is 0.0289. The Labute approximate surface area is 123 Å². The zero-order chi connectivity index (χ0) is 14.0. The largest absolute Gasteiger partial charge is 0.380 e. The molecule has 0 radical (unpaired) electrons. The van der Waals surface area contributed by atoms with E-state index in [1.807, 2.05) is 13.1 Å². The molecule has 3 rings (SSSR count). The SMILES string of the molecule is CC1(C(=O)Nc2ncc(C3CCNCC3)s2)CCOC1.